The number of carbonyl (C=O) groups is 4. The van der Waals surface area contributed by atoms with Crippen LogP contribution in [0, 0.1) is 5.82 Å². The van der Waals surface area contributed by atoms with Gasteiger partial charge in [0.25, 0.3) is 0 Å². The summed E-state index contributed by atoms with van der Waals surface area (Å²) in [4.78, 5) is 50.9. The summed E-state index contributed by atoms with van der Waals surface area (Å²) in [7, 11) is 1.23. The number of nitrogens with one attached hydrogen (secondary N) is 1. The molecule has 1 aliphatic rings. The normalized spacial score (nSPS) is 15.5. The van der Waals surface area contributed by atoms with Gasteiger partial charge >= 0.3 is 23.9 Å². The van der Waals surface area contributed by atoms with Crippen molar-refractivity contribution in [2.24, 2.45) is 0 Å². The van der Waals surface area contributed by atoms with E-state index >= 15 is 0 Å². The minimum Gasteiger partial charge on any atom is -0.465 e. The molecule has 0 saturated carbocycles. The van der Waals surface area contributed by atoms with Crippen molar-refractivity contribution in [3.8, 4) is 5.75 Å². The Hall–Kier alpha value is -4.21. The van der Waals surface area contributed by atoms with Crippen LogP contribution in [0.15, 0.2) is 53.7 Å². The third-order valence-electron chi connectivity index (χ3n) is 5.06. The number of hydrogen-bond acceptors (Lipinski definition) is 7. The number of halogens is 1. The van der Waals surface area contributed by atoms with Gasteiger partial charge in [-0.05, 0) is 44.2 Å². The predicted molar refractivity (Wildman–Crippen MR) is 119 cm³/mol. The Morgan fingerprint density at radius 3 is 2.47 bits per heavy atom. The van der Waals surface area contributed by atoms with Crippen LogP contribution in [0.4, 0.5) is 14.9 Å². The van der Waals surface area contributed by atoms with Crippen molar-refractivity contribution in [2.45, 2.75) is 26.8 Å². The molecule has 0 aromatic heterocycles. The number of allylic oxidation sites excluding steroid dienone is 1. The summed E-state index contributed by atoms with van der Waals surface area (Å²) < 4.78 is 30.0. The van der Waals surface area contributed by atoms with Gasteiger partial charge in [0, 0.05) is 12.6 Å². The Bertz CT molecular complexity index is 1190. The number of anilines is 1. The number of nitrogens with zero attached hydrogens (tertiary/aromatic N) is 1. The van der Waals surface area contributed by atoms with Gasteiger partial charge in [0.05, 0.1) is 42.1 Å². The zero-order valence-corrected chi connectivity index (χ0v) is 19.0. The number of carbonyl (C=O) groups excluding carboxylic acids is 4. The fourth-order valence-electron chi connectivity index (χ4n) is 3.67. The minimum absolute atomic E-state index is 0.0299. The molecule has 9 nitrogen and oxygen atoms in total. The van der Waals surface area contributed by atoms with E-state index in [9.17, 15) is 23.6 Å². The summed E-state index contributed by atoms with van der Waals surface area (Å²) >= 11 is 0. The van der Waals surface area contributed by atoms with E-state index in [0.717, 1.165) is 13.0 Å². The van der Waals surface area contributed by atoms with E-state index in [1.165, 1.54) is 43.2 Å². The molecule has 178 valence electrons. The topological polar surface area (TPSA) is 111 Å². The van der Waals surface area contributed by atoms with Crippen molar-refractivity contribution in [1.29, 1.82) is 0 Å². The smallest absolute Gasteiger partial charge is 0.338 e. The van der Waals surface area contributed by atoms with E-state index in [2.05, 4.69) is 5.32 Å². The molecule has 2 amide bonds. The average Bonchev–Trinajstić information content (AvgIpc) is 2.78. The Morgan fingerprint density at radius 2 is 1.82 bits per heavy atom. The predicted octanol–water partition coefficient (Wildman–Crippen LogP) is 3.65. The SMILES string of the molecule is CCOC(=O)C1=C(C)N(c2cccc(C(=O)OC)c2)C(=O)NC1c1c(F)cccc1OC(C)=O. The summed E-state index contributed by atoms with van der Waals surface area (Å²) in [6, 6.07) is 7.86. The number of esters is 3. The molecule has 1 atom stereocenters. The third-order valence-corrected chi connectivity index (χ3v) is 5.06. The summed E-state index contributed by atoms with van der Waals surface area (Å²) in [6.45, 7) is 4.28. The summed E-state index contributed by atoms with van der Waals surface area (Å²) in [5.41, 5.74) is 0.338. The van der Waals surface area contributed by atoms with Crippen molar-refractivity contribution in [1.82, 2.24) is 5.32 Å². The Balaban J connectivity index is 2.21. The fourth-order valence-corrected chi connectivity index (χ4v) is 3.67. The number of benzene rings is 2. The maximum Gasteiger partial charge on any atom is 0.338 e. The fraction of sp³-hybridized carbons (Fsp3) is 0.250. The molecular formula is C24H23FN2O7. The van der Waals surface area contributed by atoms with Crippen LogP contribution in [0.2, 0.25) is 0 Å². The van der Waals surface area contributed by atoms with Gasteiger partial charge in [-0.3, -0.25) is 9.69 Å². The van der Waals surface area contributed by atoms with Gasteiger partial charge < -0.3 is 19.5 Å². The van der Waals surface area contributed by atoms with Gasteiger partial charge in [0.2, 0.25) is 0 Å². The zero-order chi connectivity index (χ0) is 25.0. The lowest BCUT2D eigenvalue weighted by Gasteiger charge is -2.35. The maximum atomic E-state index is 15.0. The van der Waals surface area contributed by atoms with Crippen molar-refractivity contribution in [3.63, 3.8) is 0 Å². The molecular weight excluding hydrogens is 447 g/mol. The van der Waals surface area contributed by atoms with Crippen molar-refractivity contribution in [3.05, 3.63) is 70.7 Å². The van der Waals surface area contributed by atoms with E-state index in [4.69, 9.17) is 14.2 Å². The van der Waals surface area contributed by atoms with E-state index < -0.39 is 35.8 Å². The molecule has 1 N–H and O–H groups in total. The first-order valence-electron chi connectivity index (χ1n) is 10.3. The quantitative estimate of drug-likeness (QED) is 0.507. The van der Waals surface area contributed by atoms with Gasteiger partial charge in [-0.25, -0.2) is 18.8 Å². The van der Waals surface area contributed by atoms with Crippen molar-refractivity contribution < 1.29 is 37.8 Å². The molecule has 2 aromatic rings. The molecule has 34 heavy (non-hydrogen) atoms. The number of rotatable bonds is 6. The lowest BCUT2D eigenvalue weighted by Crippen LogP contribution is -2.48. The van der Waals surface area contributed by atoms with Gasteiger partial charge in [-0.1, -0.05) is 12.1 Å². The summed E-state index contributed by atoms with van der Waals surface area (Å²) in [5, 5.41) is 2.60. The van der Waals surface area contributed by atoms with Crippen molar-refractivity contribution in [2.75, 3.05) is 18.6 Å². The van der Waals surface area contributed by atoms with Crippen LogP contribution in [-0.2, 0) is 19.1 Å². The second kappa shape index (κ2) is 10.2. The standard InChI is InChI=1S/C24H23FN2O7/c1-5-33-23(30)19-13(2)27(16-9-6-8-15(12-16)22(29)32-4)24(31)26-21(19)20-17(25)10-7-11-18(20)34-14(3)28/h6-12,21H,5H2,1-4H3,(H,26,31). The molecule has 0 aliphatic carbocycles. The lowest BCUT2D eigenvalue weighted by atomic mass is 9.93. The average molecular weight is 470 g/mol. The molecule has 1 unspecified atom stereocenters. The lowest BCUT2D eigenvalue weighted by molar-refractivity contribution is -0.139. The number of urea groups is 1. The minimum atomic E-state index is -1.30. The highest BCUT2D eigenvalue weighted by Crippen LogP contribution is 2.39. The summed E-state index contributed by atoms with van der Waals surface area (Å²) in [5.74, 6) is -3.04. The molecule has 0 spiro atoms. The molecule has 1 aliphatic heterocycles. The van der Waals surface area contributed by atoms with E-state index in [0.29, 0.717) is 0 Å². The number of hydrogen-bond donors (Lipinski definition) is 1. The third kappa shape index (κ3) is 4.75. The van der Waals surface area contributed by atoms with E-state index in [-0.39, 0.29) is 40.4 Å². The van der Waals surface area contributed by atoms with Gasteiger partial charge in [0.15, 0.2) is 0 Å². The van der Waals surface area contributed by atoms with Crippen LogP contribution < -0.4 is 15.0 Å². The molecule has 1 heterocycles. The molecule has 0 fully saturated rings. The Labute approximate surface area is 195 Å². The van der Waals surface area contributed by atoms with Gasteiger partial charge in [-0.2, -0.15) is 0 Å². The first-order valence-corrected chi connectivity index (χ1v) is 10.3. The monoisotopic (exact) mass is 470 g/mol. The highest BCUT2D eigenvalue weighted by molar-refractivity contribution is 6.04. The summed E-state index contributed by atoms with van der Waals surface area (Å²) in [6.07, 6.45) is 0. The van der Waals surface area contributed by atoms with E-state index in [1.54, 1.807) is 19.1 Å². The highest BCUT2D eigenvalue weighted by Gasteiger charge is 2.40. The van der Waals surface area contributed by atoms with Crippen LogP contribution in [0.5, 0.6) is 5.75 Å². The largest absolute Gasteiger partial charge is 0.465 e. The number of amides is 2. The number of methoxy groups -OCH3 is 1. The Kier molecular flexibility index (Phi) is 7.30. The van der Waals surface area contributed by atoms with Crippen LogP contribution in [0.1, 0.15) is 42.7 Å². The molecule has 3 rings (SSSR count). The Morgan fingerprint density at radius 1 is 1.12 bits per heavy atom. The first kappa shape index (κ1) is 24.4. The molecule has 2 aromatic carbocycles. The van der Waals surface area contributed by atoms with Crippen LogP contribution >= 0.6 is 0 Å². The highest BCUT2D eigenvalue weighted by atomic mass is 19.1. The number of ether oxygens (including phenoxy) is 3. The van der Waals surface area contributed by atoms with Crippen LogP contribution in [0.25, 0.3) is 0 Å². The van der Waals surface area contributed by atoms with Crippen LogP contribution in [0.3, 0.4) is 0 Å². The van der Waals surface area contributed by atoms with E-state index in [1.807, 2.05) is 0 Å². The maximum absolute atomic E-state index is 15.0. The van der Waals surface area contributed by atoms with Crippen LogP contribution in [-0.4, -0.2) is 37.7 Å². The molecule has 0 radical (unpaired) electrons. The van der Waals surface area contributed by atoms with Gasteiger partial charge in [-0.15, -0.1) is 0 Å². The first-order chi connectivity index (χ1) is 16.2. The second-order valence-corrected chi connectivity index (χ2v) is 7.22. The van der Waals surface area contributed by atoms with Crippen molar-refractivity contribution >= 4 is 29.6 Å². The second-order valence-electron chi connectivity index (χ2n) is 7.22. The van der Waals surface area contributed by atoms with Gasteiger partial charge in [0.1, 0.15) is 11.6 Å². The molecule has 0 bridgehead atoms. The zero-order valence-electron chi connectivity index (χ0n) is 19.0. The molecule has 10 heteroatoms. The molecule has 0 saturated heterocycles.